The van der Waals surface area contributed by atoms with E-state index >= 15 is 0 Å². The average molecular weight is 270 g/mol. The second-order valence-corrected chi connectivity index (χ2v) is 4.72. The Bertz CT molecular complexity index is 438. The Balaban J connectivity index is 2.86. The highest BCUT2D eigenvalue weighted by atomic mass is 19.1. The van der Waals surface area contributed by atoms with Crippen LogP contribution < -0.4 is 0 Å². The van der Waals surface area contributed by atoms with Gasteiger partial charge >= 0.3 is 0 Å². The number of nitro benzene ring substituents is 1. The van der Waals surface area contributed by atoms with Crippen molar-refractivity contribution in [3.8, 4) is 0 Å². The topological polar surface area (TPSA) is 66.6 Å². The lowest BCUT2D eigenvalue weighted by atomic mass is 10.1. The molecular formula is C13H19FN2O3. The van der Waals surface area contributed by atoms with E-state index in [9.17, 15) is 14.5 Å². The molecule has 0 amide bonds. The minimum absolute atomic E-state index is 0.0898. The molecule has 0 bridgehead atoms. The van der Waals surface area contributed by atoms with Gasteiger partial charge in [-0.3, -0.25) is 15.0 Å². The standard InChI is InChI=1S/C13H19FN2O3/c1-10(2)15(4-3-5-17)9-11-6-12(14)8-13(7-11)16(18)19/h6-8,10,17H,3-5,9H2,1-2H3. The second kappa shape index (κ2) is 7.16. The number of rotatable bonds is 7. The number of hydrogen-bond acceptors (Lipinski definition) is 4. The van der Waals surface area contributed by atoms with Gasteiger partial charge in [0.1, 0.15) is 5.82 Å². The number of aliphatic hydroxyl groups is 1. The number of nitro groups is 1. The van der Waals surface area contributed by atoms with Crippen molar-refractivity contribution in [1.29, 1.82) is 0 Å². The van der Waals surface area contributed by atoms with Gasteiger partial charge in [-0.05, 0) is 31.9 Å². The van der Waals surface area contributed by atoms with Crippen LogP contribution in [0.5, 0.6) is 0 Å². The SMILES string of the molecule is CC(C)N(CCCO)Cc1cc(F)cc([N+](=O)[O-])c1. The van der Waals surface area contributed by atoms with E-state index in [1.165, 1.54) is 12.1 Å². The smallest absolute Gasteiger partial charge is 0.272 e. The van der Waals surface area contributed by atoms with Gasteiger partial charge in [-0.25, -0.2) is 4.39 Å². The lowest BCUT2D eigenvalue weighted by Gasteiger charge is -2.26. The van der Waals surface area contributed by atoms with E-state index in [0.717, 1.165) is 6.07 Å². The molecule has 5 nitrogen and oxygen atoms in total. The average Bonchev–Trinajstić information content (AvgIpc) is 2.33. The zero-order valence-corrected chi connectivity index (χ0v) is 11.2. The van der Waals surface area contributed by atoms with Crippen LogP contribution in [-0.2, 0) is 6.54 Å². The van der Waals surface area contributed by atoms with Crippen LogP contribution in [0.2, 0.25) is 0 Å². The van der Waals surface area contributed by atoms with Crippen molar-refractivity contribution < 1.29 is 14.4 Å². The summed E-state index contributed by atoms with van der Waals surface area (Å²) in [6.07, 6.45) is 0.621. The van der Waals surface area contributed by atoms with Crippen molar-refractivity contribution >= 4 is 5.69 Å². The van der Waals surface area contributed by atoms with Crippen molar-refractivity contribution in [2.45, 2.75) is 32.9 Å². The van der Waals surface area contributed by atoms with Crippen LogP contribution in [0.3, 0.4) is 0 Å². The third kappa shape index (κ3) is 4.92. The van der Waals surface area contributed by atoms with Crippen LogP contribution in [0.4, 0.5) is 10.1 Å². The maximum atomic E-state index is 13.3. The fraction of sp³-hybridized carbons (Fsp3) is 0.538. The molecule has 6 heteroatoms. The maximum Gasteiger partial charge on any atom is 0.272 e. The number of non-ortho nitro benzene ring substituents is 1. The largest absolute Gasteiger partial charge is 0.396 e. The number of hydrogen-bond donors (Lipinski definition) is 1. The maximum absolute atomic E-state index is 13.3. The van der Waals surface area contributed by atoms with E-state index < -0.39 is 10.7 Å². The highest BCUT2D eigenvalue weighted by Crippen LogP contribution is 2.18. The molecule has 0 spiro atoms. The van der Waals surface area contributed by atoms with E-state index in [0.29, 0.717) is 25.1 Å². The molecule has 0 aromatic heterocycles. The Morgan fingerprint density at radius 3 is 2.63 bits per heavy atom. The number of nitrogens with zero attached hydrogens (tertiary/aromatic N) is 2. The van der Waals surface area contributed by atoms with Crippen LogP contribution in [0, 0.1) is 15.9 Å². The van der Waals surface area contributed by atoms with Crippen molar-refractivity contribution in [3.05, 3.63) is 39.7 Å². The third-order valence-corrected chi connectivity index (χ3v) is 2.87. The van der Waals surface area contributed by atoms with Crippen LogP contribution in [0.15, 0.2) is 18.2 Å². The summed E-state index contributed by atoms with van der Waals surface area (Å²) >= 11 is 0. The lowest BCUT2D eigenvalue weighted by Crippen LogP contribution is -2.31. The Morgan fingerprint density at radius 2 is 2.11 bits per heavy atom. The van der Waals surface area contributed by atoms with Gasteiger partial charge in [-0.15, -0.1) is 0 Å². The molecule has 1 aromatic carbocycles. The highest BCUT2D eigenvalue weighted by Gasteiger charge is 2.14. The number of halogens is 1. The van der Waals surface area contributed by atoms with E-state index in [-0.39, 0.29) is 18.3 Å². The molecule has 1 N–H and O–H groups in total. The molecule has 19 heavy (non-hydrogen) atoms. The molecule has 106 valence electrons. The first-order valence-electron chi connectivity index (χ1n) is 6.22. The van der Waals surface area contributed by atoms with Gasteiger partial charge in [0.25, 0.3) is 5.69 Å². The van der Waals surface area contributed by atoms with Gasteiger partial charge in [0.2, 0.25) is 0 Å². The van der Waals surface area contributed by atoms with E-state index in [4.69, 9.17) is 5.11 Å². The van der Waals surface area contributed by atoms with Crippen LogP contribution in [-0.4, -0.2) is 34.1 Å². The Labute approximate surface area is 111 Å². The second-order valence-electron chi connectivity index (χ2n) is 4.72. The molecule has 0 radical (unpaired) electrons. The third-order valence-electron chi connectivity index (χ3n) is 2.87. The molecule has 0 aliphatic rings. The van der Waals surface area contributed by atoms with E-state index in [1.54, 1.807) is 0 Å². The molecule has 0 saturated carbocycles. The Hall–Kier alpha value is -1.53. The molecule has 0 heterocycles. The van der Waals surface area contributed by atoms with Gasteiger partial charge in [-0.1, -0.05) is 0 Å². The van der Waals surface area contributed by atoms with Crippen LogP contribution in [0.25, 0.3) is 0 Å². The van der Waals surface area contributed by atoms with Gasteiger partial charge in [0.15, 0.2) is 0 Å². The first kappa shape index (κ1) is 15.5. The minimum atomic E-state index is -0.602. The van der Waals surface area contributed by atoms with Crippen molar-refractivity contribution in [3.63, 3.8) is 0 Å². The fourth-order valence-electron chi connectivity index (χ4n) is 1.86. The van der Waals surface area contributed by atoms with Crippen LogP contribution >= 0.6 is 0 Å². The van der Waals surface area contributed by atoms with Gasteiger partial charge in [0.05, 0.1) is 11.0 Å². The molecule has 0 aliphatic heterocycles. The molecule has 1 rings (SSSR count). The molecular weight excluding hydrogens is 251 g/mol. The van der Waals surface area contributed by atoms with Crippen LogP contribution in [0.1, 0.15) is 25.8 Å². The first-order valence-corrected chi connectivity index (χ1v) is 6.22. The molecule has 0 atom stereocenters. The first-order chi connectivity index (χ1) is 8.93. The van der Waals surface area contributed by atoms with Gasteiger partial charge in [0, 0.05) is 31.8 Å². The summed E-state index contributed by atoms with van der Waals surface area (Å²) in [7, 11) is 0. The molecule has 0 aliphatic carbocycles. The molecule has 0 fully saturated rings. The number of aliphatic hydroxyl groups excluding tert-OH is 1. The number of benzene rings is 1. The Kier molecular flexibility index (Phi) is 5.85. The zero-order valence-electron chi connectivity index (χ0n) is 11.2. The predicted molar refractivity (Wildman–Crippen MR) is 70.3 cm³/mol. The normalized spacial score (nSPS) is 11.3. The minimum Gasteiger partial charge on any atom is -0.396 e. The Morgan fingerprint density at radius 1 is 1.42 bits per heavy atom. The van der Waals surface area contributed by atoms with Crippen molar-refractivity contribution in [2.75, 3.05) is 13.2 Å². The summed E-state index contributed by atoms with van der Waals surface area (Å²) < 4.78 is 13.3. The summed E-state index contributed by atoms with van der Waals surface area (Å²) in [6, 6.07) is 3.82. The summed E-state index contributed by atoms with van der Waals surface area (Å²) in [6.45, 7) is 5.16. The summed E-state index contributed by atoms with van der Waals surface area (Å²) in [5.74, 6) is -0.602. The quantitative estimate of drug-likeness (QED) is 0.610. The molecule has 0 unspecified atom stereocenters. The lowest BCUT2D eigenvalue weighted by molar-refractivity contribution is -0.385. The summed E-state index contributed by atoms with van der Waals surface area (Å²) in [5.41, 5.74) is 0.333. The molecule has 1 aromatic rings. The predicted octanol–water partition coefficient (Wildman–Crippen LogP) is 2.33. The van der Waals surface area contributed by atoms with E-state index in [2.05, 4.69) is 0 Å². The van der Waals surface area contributed by atoms with Gasteiger partial charge < -0.3 is 5.11 Å². The zero-order chi connectivity index (χ0) is 14.4. The monoisotopic (exact) mass is 270 g/mol. The fourth-order valence-corrected chi connectivity index (χ4v) is 1.86. The van der Waals surface area contributed by atoms with Crippen molar-refractivity contribution in [2.24, 2.45) is 0 Å². The molecule has 0 saturated heterocycles. The van der Waals surface area contributed by atoms with E-state index in [1.807, 2.05) is 18.7 Å². The summed E-state index contributed by atoms with van der Waals surface area (Å²) in [4.78, 5) is 12.1. The summed E-state index contributed by atoms with van der Waals surface area (Å²) in [5, 5.41) is 19.5. The highest BCUT2D eigenvalue weighted by molar-refractivity contribution is 5.35. The van der Waals surface area contributed by atoms with Gasteiger partial charge in [-0.2, -0.15) is 0 Å². The van der Waals surface area contributed by atoms with Crippen molar-refractivity contribution in [1.82, 2.24) is 4.90 Å².